The number of amides is 2. The summed E-state index contributed by atoms with van der Waals surface area (Å²) in [5, 5.41) is 6.66. The molecule has 1 saturated carbocycles. The van der Waals surface area contributed by atoms with Gasteiger partial charge >= 0.3 is 6.03 Å². The summed E-state index contributed by atoms with van der Waals surface area (Å²) in [6, 6.07) is 9.16. The van der Waals surface area contributed by atoms with Crippen molar-refractivity contribution in [2.24, 2.45) is 5.92 Å². The van der Waals surface area contributed by atoms with E-state index in [2.05, 4.69) is 15.6 Å². The Morgan fingerprint density at radius 2 is 2.16 bits per heavy atom. The summed E-state index contributed by atoms with van der Waals surface area (Å²) in [6.45, 7) is 1.53. The Labute approximate surface area is 146 Å². The van der Waals surface area contributed by atoms with Gasteiger partial charge in [0.1, 0.15) is 0 Å². The normalized spacial score (nSPS) is 25.0. The summed E-state index contributed by atoms with van der Waals surface area (Å²) in [5.74, 6) is 0.566. The highest BCUT2D eigenvalue weighted by molar-refractivity contribution is 5.79. The number of hydrogen-bond acceptors (Lipinski definition) is 3. The van der Waals surface area contributed by atoms with Gasteiger partial charge in [-0.15, -0.1) is 0 Å². The van der Waals surface area contributed by atoms with Crippen molar-refractivity contribution in [2.45, 2.75) is 37.8 Å². The summed E-state index contributed by atoms with van der Waals surface area (Å²) < 4.78 is 5.95. The molecule has 1 saturated heterocycles. The van der Waals surface area contributed by atoms with E-state index in [1.165, 1.54) is 12.8 Å². The lowest BCUT2D eigenvalue weighted by Gasteiger charge is -2.28. The number of hydrogen-bond donors (Lipinski definition) is 3. The predicted octanol–water partition coefficient (Wildman–Crippen LogP) is 2.29. The van der Waals surface area contributed by atoms with Crippen molar-refractivity contribution in [3.8, 4) is 0 Å². The molecule has 0 unspecified atom stereocenters. The van der Waals surface area contributed by atoms with Gasteiger partial charge < -0.3 is 20.4 Å². The van der Waals surface area contributed by atoms with E-state index >= 15 is 0 Å². The first-order valence-electron chi connectivity index (χ1n) is 8.93. The number of benzene rings is 1. The van der Waals surface area contributed by atoms with Crippen LogP contribution in [-0.2, 0) is 11.3 Å². The van der Waals surface area contributed by atoms with Gasteiger partial charge in [0.15, 0.2) is 0 Å². The number of H-pyrrole nitrogens is 1. The molecule has 25 heavy (non-hydrogen) atoms. The van der Waals surface area contributed by atoms with E-state index < -0.39 is 0 Å². The van der Waals surface area contributed by atoms with Crippen molar-refractivity contribution in [2.75, 3.05) is 13.2 Å². The Morgan fingerprint density at radius 1 is 1.28 bits per heavy atom. The highest BCUT2D eigenvalue weighted by atomic mass is 16.5. The van der Waals surface area contributed by atoms with E-state index in [0.717, 1.165) is 30.4 Å². The summed E-state index contributed by atoms with van der Waals surface area (Å²) in [4.78, 5) is 27.1. The first kappa shape index (κ1) is 16.1. The Morgan fingerprint density at radius 3 is 3.08 bits per heavy atom. The fourth-order valence-electron chi connectivity index (χ4n) is 4.19. The number of nitrogens with one attached hydrogen (secondary N) is 3. The van der Waals surface area contributed by atoms with E-state index in [-0.39, 0.29) is 23.7 Å². The summed E-state index contributed by atoms with van der Waals surface area (Å²) in [7, 11) is 0. The van der Waals surface area contributed by atoms with Crippen molar-refractivity contribution >= 4 is 16.9 Å². The fraction of sp³-hybridized carbons (Fsp3) is 0.474. The van der Waals surface area contributed by atoms with Gasteiger partial charge in [-0.2, -0.15) is 0 Å². The predicted molar refractivity (Wildman–Crippen MR) is 95.4 cm³/mol. The molecule has 1 aromatic carbocycles. The molecule has 3 N–H and O–H groups in total. The van der Waals surface area contributed by atoms with Gasteiger partial charge in [-0.25, -0.2) is 4.79 Å². The molecule has 2 aromatic rings. The van der Waals surface area contributed by atoms with Crippen LogP contribution in [0.15, 0.2) is 35.1 Å². The van der Waals surface area contributed by atoms with Crippen LogP contribution in [0.1, 0.15) is 31.2 Å². The number of carbonyl (C=O) groups is 1. The zero-order chi connectivity index (χ0) is 17.3. The molecular weight excluding hydrogens is 318 g/mol. The van der Waals surface area contributed by atoms with Crippen LogP contribution in [-0.4, -0.2) is 29.8 Å². The van der Waals surface area contributed by atoms with Gasteiger partial charge in [0.2, 0.25) is 0 Å². The molecule has 2 atom stereocenters. The monoisotopic (exact) mass is 341 g/mol. The Bertz CT molecular complexity index is 835. The maximum Gasteiger partial charge on any atom is 0.315 e. The lowest BCUT2D eigenvalue weighted by atomic mass is 9.91. The first-order valence-corrected chi connectivity index (χ1v) is 8.93. The fourth-order valence-corrected chi connectivity index (χ4v) is 4.19. The molecular formula is C19H23N3O3. The number of aromatic nitrogens is 1. The minimum absolute atomic E-state index is 0.169. The minimum atomic E-state index is -0.261. The second kappa shape index (κ2) is 6.52. The van der Waals surface area contributed by atoms with Gasteiger partial charge in [-0.05, 0) is 42.7 Å². The summed E-state index contributed by atoms with van der Waals surface area (Å²) in [6.07, 6.45) is 4.47. The van der Waals surface area contributed by atoms with Crippen LogP contribution < -0.4 is 16.2 Å². The molecule has 1 aromatic heterocycles. The van der Waals surface area contributed by atoms with E-state index in [0.29, 0.717) is 18.0 Å². The standard InChI is InChI=1S/C19H23N3O3/c23-17-14(10-13-4-1-2-6-16(13)22-17)11-20-18(24)21-12-19-8-3-5-15(19)7-9-25-19/h1-2,4,6,10,15H,3,5,7-9,11-12H2,(H,22,23)(H2,20,21,24)/t15-,19+/m0/s1. The van der Waals surface area contributed by atoms with E-state index in [4.69, 9.17) is 4.74 Å². The molecule has 0 bridgehead atoms. The van der Waals surface area contributed by atoms with Crippen molar-refractivity contribution in [1.29, 1.82) is 0 Å². The van der Waals surface area contributed by atoms with E-state index in [9.17, 15) is 9.59 Å². The number of rotatable bonds is 4. The third-order valence-corrected chi connectivity index (χ3v) is 5.57. The third kappa shape index (κ3) is 3.14. The highest BCUT2D eigenvalue weighted by Crippen LogP contribution is 2.44. The quantitative estimate of drug-likeness (QED) is 0.798. The van der Waals surface area contributed by atoms with Gasteiger partial charge in [0.05, 0.1) is 5.60 Å². The van der Waals surface area contributed by atoms with Crippen LogP contribution in [0.5, 0.6) is 0 Å². The van der Waals surface area contributed by atoms with Crippen molar-refractivity contribution in [1.82, 2.24) is 15.6 Å². The molecule has 1 aliphatic carbocycles. The minimum Gasteiger partial charge on any atom is -0.373 e. The average molecular weight is 341 g/mol. The highest BCUT2D eigenvalue weighted by Gasteiger charge is 2.47. The number of ether oxygens (including phenoxy) is 1. The molecule has 4 rings (SSSR count). The number of carbonyl (C=O) groups excluding carboxylic acids is 1. The van der Waals surface area contributed by atoms with Gasteiger partial charge in [-0.3, -0.25) is 4.79 Å². The van der Waals surface area contributed by atoms with Crippen molar-refractivity contribution in [3.05, 3.63) is 46.2 Å². The molecule has 2 amide bonds. The number of para-hydroxylation sites is 1. The molecule has 132 valence electrons. The van der Waals surface area contributed by atoms with Gasteiger partial charge in [0, 0.05) is 30.8 Å². The maximum absolute atomic E-state index is 12.1. The van der Waals surface area contributed by atoms with Gasteiger partial charge in [0.25, 0.3) is 5.56 Å². The van der Waals surface area contributed by atoms with Crippen LogP contribution in [0.3, 0.4) is 0 Å². The average Bonchev–Trinajstić information content (AvgIpc) is 3.18. The smallest absolute Gasteiger partial charge is 0.315 e. The van der Waals surface area contributed by atoms with E-state index in [1.54, 1.807) is 0 Å². The first-order chi connectivity index (χ1) is 12.2. The van der Waals surface area contributed by atoms with Crippen LogP contribution in [0, 0.1) is 5.92 Å². The molecule has 1 aliphatic heterocycles. The van der Waals surface area contributed by atoms with Crippen molar-refractivity contribution < 1.29 is 9.53 Å². The SMILES string of the molecule is O=C(NCc1cc2ccccc2[nH]c1=O)NC[C@]12CCC[C@H]1CCO2. The van der Waals surface area contributed by atoms with Gasteiger partial charge in [-0.1, -0.05) is 24.6 Å². The molecule has 2 fully saturated rings. The topological polar surface area (TPSA) is 83.2 Å². The summed E-state index contributed by atoms with van der Waals surface area (Å²) >= 11 is 0. The molecule has 6 nitrogen and oxygen atoms in total. The number of aromatic amines is 1. The third-order valence-electron chi connectivity index (χ3n) is 5.57. The molecule has 2 heterocycles. The zero-order valence-electron chi connectivity index (χ0n) is 14.1. The largest absolute Gasteiger partial charge is 0.373 e. The Kier molecular flexibility index (Phi) is 4.21. The van der Waals surface area contributed by atoms with Crippen LogP contribution in [0.25, 0.3) is 10.9 Å². The number of pyridine rings is 1. The number of fused-ring (bicyclic) bond motifs is 2. The lowest BCUT2D eigenvalue weighted by Crippen LogP contribution is -2.47. The van der Waals surface area contributed by atoms with Crippen LogP contribution in [0.4, 0.5) is 4.79 Å². The number of urea groups is 1. The molecule has 0 radical (unpaired) electrons. The lowest BCUT2D eigenvalue weighted by molar-refractivity contribution is -0.00505. The van der Waals surface area contributed by atoms with Crippen molar-refractivity contribution in [3.63, 3.8) is 0 Å². The van der Waals surface area contributed by atoms with Crippen LogP contribution >= 0.6 is 0 Å². The Balaban J connectivity index is 1.36. The van der Waals surface area contributed by atoms with E-state index in [1.807, 2.05) is 30.3 Å². The summed E-state index contributed by atoms with van der Waals surface area (Å²) in [5.41, 5.74) is 0.999. The molecule has 0 spiro atoms. The second-order valence-corrected chi connectivity index (χ2v) is 7.04. The van der Waals surface area contributed by atoms with Crippen LogP contribution in [0.2, 0.25) is 0 Å². The zero-order valence-corrected chi connectivity index (χ0v) is 14.1. The molecule has 2 aliphatic rings. The Hall–Kier alpha value is -2.34. The molecule has 6 heteroatoms. The second-order valence-electron chi connectivity index (χ2n) is 7.04. The maximum atomic E-state index is 12.1.